The molecule has 5 rings (SSSR count). The first-order valence-electron chi connectivity index (χ1n) is 11.8. The van der Waals surface area contributed by atoms with Crippen molar-refractivity contribution in [2.75, 3.05) is 11.9 Å². The van der Waals surface area contributed by atoms with Crippen LogP contribution in [0, 0.1) is 5.92 Å². The van der Waals surface area contributed by atoms with Crippen molar-refractivity contribution >= 4 is 34.7 Å². The van der Waals surface area contributed by atoms with Crippen LogP contribution in [0.25, 0.3) is 10.9 Å². The summed E-state index contributed by atoms with van der Waals surface area (Å²) in [6.07, 6.45) is 2.31. The van der Waals surface area contributed by atoms with Crippen LogP contribution in [0.1, 0.15) is 41.1 Å². The molecule has 0 radical (unpaired) electrons. The first kappa shape index (κ1) is 22.6. The summed E-state index contributed by atoms with van der Waals surface area (Å²) in [5.41, 5.74) is 5.48. The van der Waals surface area contributed by atoms with E-state index in [1.54, 1.807) is 0 Å². The topological polar surface area (TPSA) is 94.6 Å². The average Bonchev–Trinajstić information content (AvgIpc) is 3.13. The minimum atomic E-state index is -0.963. The van der Waals surface area contributed by atoms with Crippen molar-refractivity contribution in [3.05, 3.63) is 101 Å². The zero-order chi connectivity index (χ0) is 24.4. The second kappa shape index (κ2) is 9.58. The Morgan fingerprint density at radius 1 is 1.00 bits per heavy atom. The summed E-state index contributed by atoms with van der Waals surface area (Å²) in [4.78, 5) is 32.9. The van der Waals surface area contributed by atoms with Gasteiger partial charge in [0.05, 0.1) is 0 Å². The molecule has 1 aromatic heterocycles. The van der Waals surface area contributed by atoms with Crippen LogP contribution in [0.5, 0.6) is 0 Å². The molecular formula is C29H27N3O3. The Bertz CT molecular complexity index is 1390. The Kier molecular flexibility index (Phi) is 6.19. The maximum Gasteiger partial charge on any atom is 0.318 e. The lowest BCUT2D eigenvalue weighted by molar-refractivity contribution is -0.137. The number of nitrogens with one attached hydrogen (secondary N) is 2. The van der Waals surface area contributed by atoms with Gasteiger partial charge in [-0.2, -0.15) is 0 Å². The van der Waals surface area contributed by atoms with Crippen LogP contribution in [0.3, 0.4) is 0 Å². The van der Waals surface area contributed by atoms with Crippen molar-refractivity contribution in [3.63, 3.8) is 0 Å². The highest BCUT2D eigenvalue weighted by Crippen LogP contribution is 2.39. The van der Waals surface area contributed by atoms with Crippen molar-refractivity contribution < 1.29 is 14.7 Å². The van der Waals surface area contributed by atoms with Crippen molar-refractivity contribution in [3.8, 4) is 0 Å². The quantitative estimate of drug-likeness (QED) is 0.357. The highest BCUT2D eigenvalue weighted by molar-refractivity contribution is 5.99. The lowest BCUT2D eigenvalue weighted by atomic mass is 9.83. The third-order valence-corrected chi connectivity index (χ3v) is 6.77. The molecule has 1 aliphatic heterocycles. The number of aromatic amines is 1. The van der Waals surface area contributed by atoms with Gasteiger partial charge in [0.15, 0.2) is 0 Å². The van der Waals surface area contributed by atoms with Gasteiger partial charge in [0, 0.05) is 46.9 Å². The largest absolute Gasteiger partial charge is 0.480 e. The van der Waals surface area contributed by atoms with Gasteiger partial charge in [0.1, 0.15) is 5.92 Å². The number of carbonyl (C=O) groups is 2. The Balaban J connectivity index is 1.37. The maximum absolute atomic E-state index is 13.3. The van der Waals surface area contributed by atoms with E-state index in [1.807, 2.05) is 73.7 Å². The Morgan fingerprint density at radius 2 is 1.69 bits per heavy atom. The number of carbonyl (C=O) groups excluding carboxylic acids is 1. The molecule has 0 bridgehead atoms. The van der Waals surface area contributed by atoms with E-state index < -0.39 is 17.8 Å². The van der Waals surface area contributed by atoms with Crippen LogP contribution in [0.4, 0.5) is 5.69 Å². The number of amides is 1. The number of anilines is 1. The highest BCUT2D eigenvalue weighted by Gasteiger charge is 2.35. The fraction of sp³-hybridized carbons (Fsp3) is 0.207. The Morgan fingerprint density at radius 3 is 2.43 bits per heavy atom. The number of aliphatic carboxylic acids is 1. The molecule has 0 saturated carbocycles. The van der Waals surface area contributed by atoms with Gasteiger partial charge in [0.2, 0.25) is 5.91 Å². The molecule has 3 aromatic carbocycles. The van der Waals surface area contributed by atoms with E-state index in [-0.39, 0.29) is 11.8 Å². The van der Waals surface area contributed by atoms with Crippen molar-refractivity contribution in [1.29, 1.82) is 0 Å². The second-order valence-corrected chi connectivity index (χ2v) is 9.07. The van der Waals surface area contributed by atoms with E-state index in [9.17, 15) is 14.7 Å². The molecule has 0 fully saturated rings. The van der Waals surface area contributed by atoms with Gasteiger partial charge in [0.25, 0.3) is 0 Å². The first-order chi connectivity index (χ1) is 17.0. The highest BCUT2D eigenvalue weighted by atomic mass is 16.4. The lowest BCUT2D eigenvalue weighted by Crippen LogP contribution is -2.27. The number of carboxylic acid groups (broad SMARTS) is 1. The van der Waals surface area contributed by atoms with Gasteiger partial charge in [-0.3, -0.25) is 14.6 Å². The number of hydrogen-bond donors (Lipinski definition) is 3. The molecule has 1 amide bonds. The zero-order valence-electron chi connectivity index (χ0n) is 19.4. The van der Waals surface area contributed by atoms with Crippen LogP contribution in [-0.2, 0) is 16.0 Å². The van der Waals surface area contributed by atoms with Crippen LogP contribution in [0.15, 0.2) is 83.9 Å². The predicted octanol–water partition coefficient (Wildman–Crippen LogP) is 5.37. The van der Waals surface area contributed by atoms with Crippen LogP contribution in [-0.4, -0.2) is 34.7 Å². The number of fused-ring (bicyclic) bond motifs is 3. The molecule has 35 heavy (non-hydrogen) atoms. The Hall–Kier alpha value is -4.19. The van der Waals surface area contributed by atoms with Crippen LogP contribution in [0.2, 0.25) is 0 Å². The number of H-pyrrole nitrogens is 1. The minimum Gasteiger partial charge on any atom is -0.480 e. The molecule has 1 aliphatic rings. The maximum atomic E-state index is 13.3. The van der Waals surface area contributed by atoms with Crippen molar-refractivity contribution in [2.45, 2.75) is 25.2 Å². The molecule has 0 spiro atoms. The predicted molar refractivity (Wildman–Crippen MR) is 138 cm³/mol. The van der Waals surface area contributed by atoms with Crippen molar-refractivity contribution in [1.82, 2.24) is 4.98 Å². The number of para-hydroxylation sites is 1. The summed E-state index contributed by atoms with van der Waals surface area (Å²) in [5, 5.41) is 13.8. The third-order valence-electron chi connectivity index (χ3n) is 6.77. The normalized spacial score (nSPS) is 18.0. The third kappa shape index (κ3) is 4.60. The number of aromatic nitrogens is 1. The monoisotopic (exact) mass is 465 g/mol. The number of benzene rings is 3. The average molecular weight is 466 g/mol. The second-order valence-electron chi connectivity index (χ2n) is 9.07. The van der Waals surface area contributed by atoms with Crippen LogP contribution >= 0.6 is 0 Å². The first-order valence-corrected chi connectivity index (χ1v) is 11.8. The molecule has 3 N–H and O–H groups in total. The molecule has 0 saturated heterocycles. The summed E-state index contributed by atoms with van der Waals surface area (Å²) in [5.74, 6) is -2.61. The lowest BCUT2D eigenvalue weighted by Gasteiger charge is -2.22. The molecule has 4 aromatic rings. The van der Waals surface area contributed by atoms with Crippen LogP contribution < -0.4 is 5.32 Å². The zero-order valence-corrected chi connectivity index (χ0v) is 19.4. The SMILES string of the molecule is CC(C(=O)Nc1ccc(Cc2ccccc2)cc1)C1CN=CC(C(=O)O)c2[nH]c3ccccc3c21. The van der Waals surface area contributed by atoms with Gasteiger partial charge < -0.3 is 15.4 Å². The van der Waals surface area contributed by atoms with E-state index in [2.05, 4.69) is 27.4 Å². The standard InChI is InChI=1S/C29H27N3O3/c1-18(28(33)31-21-13-11-20(12-14-21)15-19-7-3-2-4-8-19)23-16-30-17-24(29(34)35)27-26(23)22-9-5-6-10-25(22)32-27/h2-14,17-18,23-24,32H,15-16H2,1H3,(H,31,33)(H,34,35). The van der Waals surface area contributed by atoms with E-state index in [4.69, 9.17) is 0 Å². The number of nitrogens with zero attached hydrogens (tertiary/aromatic N) is 1. The van der Waals surface area contributed by atoms with E-state index in [0.717, 1.165) is 28.6 Å². The smallest absolute Gasteiger partial charge is 0.318 e. The molecule has 6 heteroatoms. The molecular weight excluding hydrogens is 438 g/mol. The fourth-order valence-electron chi connectivity index (χ4n) is 4.85. The van der Waals surface area contributed by atoms with Gasteiger partial charge in [-0.25, -0.2) is 0 Å². The molecule has 2 heterocycles. The van der Waals surface area contributed by atoms with Gasteiger partial charge >= 0.3 is 5.97 Å². The minimum absolute atomic E-state index is 0.119. The number of hydrogen-bond acceptors (Lipinski definition) is 3. The van der Waals surface area contributed by atoms with Gasteiger partial charge in [-0.05, 0) is 41.3 Å². The Labute approximate surface area is 203 Å². The van der Waals surface area contributed by atoms with Gasteiger partial charge in [-0.15, -0.1) is 0 Å². The van der Waals surface area contributed by atoms with E-state index in [1.165, 1.54) is 17.3 Å². The molecule has 3 unspecified atom stereocenters. The summed E-state index contributed by atoms with van der Waals surface area (Å²) >= 11 is 0. The number of carboxylic acids is 1. The number of aliphatic imine (C=N–C) groups is 1. The molecule has 3 atom stereocenters. The van der Waals surface area contributed by atoms with E-state index >= 15 is 0 Å². The molecule has 176 valence electrons. The summed E-state index contributed by atoms with van der Waals surface area (Å²) < 4.78 is 0. The van der Waals surface area contributed by atoms with Crippen molar-refractivity contribution in [2.24, 2.45) is 10.9 Å². The molecule has 6 nitrogen and oxygen atoms in total. The summed E-state index contributed by atoms with van der Waals surface area (Å²) in [6.45, 7) is 2.23. The fourth-order valence-corrected chi connectivity index (χ4v) is 4.85. The summed E-state index contributed by atoms with van der Waals surface area (Å²) in [6, 6.07) is 25.9. The van der Waals surface area contributed by atoms with E-state index in [0.29, 0.717) is 12.2 Å². The number of rotatable bonds is 6. The summed E-state index contributed by atoms with van der Waals surface area (Å²) in [7, 11) is 0. The van der Waals surface area contributed by atoms with Gasteiger partial charge in [-0.1, -0.05) is 67.6 Å². The molecule has 0 aliphatic carbocycles.